The molecule has 178 valence electrons. The normalized spacial score (nSPS) is 19.3. The zero-order valence-corrected chi connectivity index (χ0v) is 19.3. The molecule has 8 heteroatoms. The summed E-state index contributed by atoms with van der Waals surface area (Å²) in [5.41, 5.74) is 2.04. The fourth-order valence-corrected chi connectivity index (χ4v) is 4.90. The third kappa shape index (κ3) is 6.19. The zero-order valence-electron chi connectivity index (χ0n) is 19.3. The van der Waals surface area contributed by atoms with Gasteiger partial charge in [0, 0.05) is 19.4 Å². The number of ether oxygens (including phenoxy) is 1. The van der Waals surface area contributed by atoms with Gasteiger partial charge < -0.3 is 19.9 Å². The van der Waals surface area contributed by atoms with Crippen LogP contribution in [0.5, 0.6) is 0 Å². The lowest BCUT2D eigenvalue weighted by atomic mass is 9.85. The van der Waals surface area contributed by atoms with Gasteiger partial charge in [0.1, 0.15) is 23.7 Å². The molecule has 0 bridgehead atoms. The Labute approximate surface area is 194 Å². The molecular weight excluding hydrogens is 420 g/mol. The molecule has 1 aliphatic carbocycles. The van der Waals surface area contributed by atoms with Crippen LogP contribution in [0.15, 0.2) is 29.1 Å². The molecule has 0 radical (unpaired) electrons. The molecule has 1 atom stereocenters. The number of anilines is 1. The molecule has 2 N–H and O–H groups in total. The summed E-state index contributed by atoms with van der Waals surface area (Å²) >= 11 is 0. The maximum absolute atomic E-state index is 13.4. The first-order chi connectivity index (χ1) is 16.1. The van der Waals surface area contributed by atoms with Crippen LogP contribution in [0.1, 0.15) is 85.3 Å². The summed E-state index contributed by atoms with van der Waals surface area (Å²) in [6, 6.07) is 3.24. The highest BCUT2D eigenvalue weighted by Gasteiger charge is 2.31. The molecule has 0 aromatic carbocycles. The van der Waals surface area contributed by atoms with Crippen LogP contribution in [0.2, 0.25) is 0 Å². The number of pyridine rings is 1. The SMILES string of the molecule is Cc1nocc1C(=O)NC(C(=O)Nc1ccc(C2CCOCC2)cn1)C1CCCCCCC1. The van der Waals surface area contributed by atoms with E-state index in [0.717, 1.165) is 51.7 Å². The van der Waals surface area contributed by atoms with E-state index in [9.17, 15) is 9.59 Å². The number of hydrogen-bond acceptors (Lipinski definition) is 6. The highest BCUT2D eigenvalue weighted by Crippen LogP contribution is 2.28. The van der Waals surface area contributed by atoms with Crippen molar-refractivity contribution in [1.29, 1.82) is 0 Å². The van der Waals surface area contributed by atoms with E-state index in [1.807, 2.05) is 18.3 Å². The molecule has 4 rings (SSSR count). The Morgan fingerprint density at radius 3 is 2.39 bits per heavy atom. The maximum Gasteiger partial charge on any atom is 0.257 e. The first-order valence-electron chi connectivity index (χ1n) is 12.2. The summed E-state index contributed by atoms with van der Waals surface area (Å²) in [6.45, 7) is 3.27. The van der Waals surface area contributed by atoms with Crippen LogP contribution in [0.4, 0.5) is 5.82 Å². The van der Waals surface area contributed by atoms with Gasteiger partial charge in [-0.3, -0.25) is 9.59 Å². The Kier molecular flexibility index (Phi) is 8.10. The first-order valence-corrected chi connectivity index (χ1v) is 12.2. The Bertz CT molecular complexity index is 913. The van der Waals surface area contributed by atoms with Gasteiger partial charge in [-0.25, -0.2) is 4.98 Å². The Morgan fingerprint density at radius 2 is 1.76 bits per heavy atom. The number of aromatic nitrogens is 2. The fraction of sp³-hybridized carbons (Fsp3) is 0.600. The van der Waals surface area contributed by atoms with Crippen molar-refractivity contribution in [3.05, 3.63) is 41.4 Å². The molecule has 2 fully saturated rings. The molecule has 1 unspecified atom stereocenters. The fourth-order valence-electron chi connectivity index (χ4n) is 4.90. The van der Waals surface area contributed by atoms with Crippen molar-refractivity contribution in [3.63, 3.8) is 0 Å². The Hall–Kier alpha value is -2.74. The van der Waals surface area contributed by atoms with Crippen molar-refractivity contribution in [2.75, 3.05) is 18.5 Å². The van der Waals surface area contributed by atoms with E-state index < -0.39 is 6.04 Å². The summed E-state index contributed by atoms with van der Waals surface area (Å²) in [5.74, 6) is 0.468. The van der Waals surface area contributed by atoms with E-state index >= 15 is 0 Å². The maximum atomic E-state index is 13.4. The smallest absolute Gasteiger partial charge is 0.257 e. The minimum Gasteiger partial charge on any atom is -0.381 e. The van der Waals surface area contributed by atoms with Crippen molar-refractivity contribution >= 4 is 17.6 Å². The molecule has 2 amide bonds. The number of nitrogens with zero attached hydrogens (tertiary/aromatic N) is 2. The van der Waals surface area contributed by atoms with E-state index in [1.165, 1.54) is 31.1 Å². The largest absolute Gasteiger partial charge is 0.381 e. The number of aryl methyl sites for hydroxylation is 1. The number of carbonyl (C=O) groups is 2. The lowest BCUT2D eigenvalue weighted by Gasteiger charge is -2.28. The molecule has 1 saturated heterocycles. The van der Waals surface area contributed by atoms with Gasteiger partial charge in [0.25, 0.3) is 5.91 Å². The van der Waals surface area contributed by atoms with Crippen LogP contribution in [0.25, 0.3) is 0 Å². The minimum absolute atomic E-state index is 0.0796. The van der Waals surface area contributed by atoms with Crippen LogP contribution in [0, 0.1) is 12.8 Å². The summed E-state index contributed by atoms with van der Waals surface area (Å²) < 4.78 is 10.4. The topological polar surface area (TPSA) is 106 Å². The number of amides is 2. The molecule has 1 aliphatic heterocycles. The van der Waals surface area contributed by atoms with Crippen LogP contribution in [-0.4, -0.2) is 41.2 Å². The number of rotatable bonds is 6. The van der Waals surface area contributed by atoms with Gasteiger partial charge >= 0.3 is 0 Å². The average molecular weight is 455 g/mol. The lowest BCUT2D eigenvalue weighted by Crippen LogP contribution is -2.49. The van der Waals surface area contributed by atoms with Crippen molar-refractivity contribution < 1.29 is 18.8 Å². The lowest BCUT2D eigenvalue weighted by molar-refractivity contribution is -0.119. The quantitative estimate of drug-likeness (QED) is 0.671. The van der Waals surface area contributed by atoms with Gasteiger partial charge in [-0.05, 0) is 56.1 Å². The van der Waals surface area contributed by atoms with E-state index in [4.69, 9.17) is 9.26 Å². The van der Waals surface area contributed by atoms with E-state index in [2.05, 4.69) is 20.8 Å². The molecule has 3 heterocycles. The van der Waals surface area contributed by atoms with Gasteiger partial charge in [-0.2, -0.15) is 0 Å². The highest BCUT2D eigenvalue weighted by atomic mass is 16.5. The minimum atomic E-state index is -0.637. The number of hydrogen-bond donors (Lipinski definition) is 2. The van der Waals surface area contributed by atoms with Crippen molar-refractivity contribution in [2.45, 2.75) is 76.7 Å². The van der Waals surface area contributed by atoms with E-state index in [-0.39, 0.29) is 17.7 Å². The molecule has 8 nitrogen and oxygen atoms in total. The monoisotopic (exact) mass is 454 g/mol. The molecule has 2 aromatic rings. The molecule has 1 saturated carbocycles. The van der Waals surface area contributed by atoms with Crippen LogP contribution >= 0.6 is 0 Å². The van der Waals surface area contributed by atoms with Crippen LogP contribution in [-0.2, 0) is 9.53 Å². The zero-order chi connectivity index (χ0) is 23.0. The Morgan fingerprint density at radius 1 is 1.03 bits per heavy atom. The van der Waals surface area contributed by atoms with Gasteiger partial charge in [0.05, 0.1) is 5.69 Å². The van der Waals surface area contributed by atoms with Gasteiger partial charge in [-0.1, -0.05) is 43.3 Å². The first kappa shape index (κ1) is 23.4. The second-order valence-electron chi connectivity index (χ2n) is 9.22. The number of nitrogens with one attached hydrogen (secondary N) is 2. The predicted molar refractivity (Wildman–Crippen MR) is 124 cm³/mol. The molecule has 2 aromatic heterocycles. The average Bonchev–Trinajstić information content (AvgIpc) is 3.25. The second kappa shape index (κ2) is 11.4. The summed E-state index contributed by atoms with van der Waals surface area (Å²) in [4.78, 5) is 30.7. The predicted octanol–water partition coefficient (Wildman–Crippen LogP) is 4.37. The van der Waals surface area contributed by atoms with Crippen LogP contribution < -0.4 is 10.6 Å². The van der Waals surface area contributed by atoms with Crippen LogP contribution in [0.3, 0.4) is 0 Å². The van der Waals surface area contributed by atoms with Crippen molar-refractivity contribution in [2.24, 2.45) is 5.92 Å². The third-order valence-corrected chi connectivity index (χ3v) is 6.92. The van der Waals surface area contributed by atoms with Gasteiger partial charge in [-0.15, -0.1) is 0 Å². The van der Waals surface area contributed by atoms with Crippen molar-refractivity contribution in [1.82, 2.24) is 15.5 Å². The molecule has 33 heavy (non-hydrogen) atoms. The van der Waals surface area contributed by atoms with E-state index in [0.29, 0.717) is 23.0 Å². The standard InChI is InChI=1S/C25H34N4O4/c1-17-21(16-33-29-17)24(30)28-23(19-7-5-3-2-4-6-8-19)25(31)27-22-10-9-20(15-26-22)18-11-13-32-14-12-18/h9-10,15-16,18-19,23H,2-8,11-14H2,1H3,(H,28,30)(H,26,27,31). The van der Waals surface area contributed by atoms with Gasteiger partial charge in [0.15, 0.2) is 0 Å². The second-order valence-corrected chi connectivity index (χ2v) is 9.22. The summed E-state index contributed by atoms with van der Waals surface area (Å²) in [5, 5.41) is 9.70. The van der Waals surface area contributed by atoms with Crippen molar-refractivity contribution in [3.8, 4) is 0 Å². The molecule has 0 spiro atoms. The molecule has 2 aliphatic rings. The summed E-state index contributed by atoms with van der Waals surface area (Å²) in [7, 11) is 0. The Balaban J connectivity index is 1.47. The third-order valence-electron chi connectivity index (χ3n) is 6.92. The van der Waals surface area contributed by atoms with Gasteiger partial charge in [0.2, 0.25) is 5.91 Å². The summed E-state index contributed by atoms with van der Waals surface area (Å²) in [6.07, 6.45) is 12.7. The number of carbonyl (C=O) groups excluding carboxylic acids is 2. The van der Waals surface area contributed by atoms with E-state index in [1.54, 1.807) is 6.92 Å². The highest BCUT2D eigenvalue weighted by molar-refractivity contribution is 6.01. The molecular formula is C25H34N4O4.